The molecule has 1 aromatic heterocycles. The number of hydrogen-bond acceptors (Lipinski definition) is 5. The Morgan fingerprint density at radius 1 is 1.48 bits per heavy atom. The maximum atomic E-state index is 12.6. The van der Waals surface area contributed by atoms with Crippen molar-refractivity contribution in [3.8, 4) is 0 Å². The molecule has 0 saturated carbocycles. The van der Waals surface area contributed by atoms with E-state index in [9.17, 15) is 13.2 Å². The summed E-state index contributed by atoms with van der Waals surface area (Å²) in [6.45, 7) is 1.18. The summed E-state index contributed by atoms with van der Waals surface area (Å²) >= 11 is 6.05. The first-order valence-electron chi connectivity index (χ1n) is 6.95. The third kappa shape index (κ3) is 3.64. The van der Waals surface area contributed by atoms with Gasteiger partial charge in [-0.2, -0.15) is 5.10 Å². The molecule has 1 saturated heterocycles. The van der Waals surface area contributed by atoms with E-state index in [-0.39, 0.29) is 16.5 Å². The highest BCUT2D eigenvalue weighted by Gasteiger charge is 2.37. The molecule has 118 valence electrons. The molecule has 0 amide bonds. The van der Waals surface area contributed by atoms with Gasteiger partial charge >= 0.3 is 0 Å². The summed E-state index contributed by atoms with van der Waals surface area (Å²) in [5.74, 6) is -0.344. The van der Waals surface area contributed by atoms with Crippen molar-refractivity contribution in [3.05, 3.63) is 16.9 Å². The highest BCUT2D eigenvalue weighted by Crippen LogP contribution is 2.26. The molecular formula is C13H20ClN3O3S. The maximum absolute atomic E-state index is 12.6. The molecule has 8 heteroatoms. The van der Waals surface area contributed by atoms with Gasteiger partial charge in [-0.15, -0.1) is 0 Å². The standard InChI is InChI=1S/C13H20ClN3O3S/c1-16(2)6-7-17-12(10(14)9-15-17)13(18)11-5-3-4-8-21(11,19)20/h9,11H,3-8H2,1-2H3. The second-order valence-electron chi connectivity index (χ2n) is 5.58. The molecule has 6 nitrogen and oxygen atoms in total. The Balaban J connectivity index is 2.28. The van der Waals surface area contributed by atoms with Gasteiger partial charge in [0.05, 0.1) is 23.5 Å². The van der Waals surface area contributed by atoms with E-state index >= 15 is 0 Å². The van der Waals surface area contributed by atoms with E-state index in [0.29, 0.717) is 25.9 Å². The molecule has 0 aliphatic carbocycles. The van der Waals surface area contributed by atoms with Crippen LogP contribution in [0.25, 0.3) is 0 Å². The quantitative estimate of drug-likeness (QED) is 0.758. The van der Waals surface area contributed by atoms with E-state index in [1.807, 2.05) is 19.0 Å². The van der Waals surface area contributed by atoms with Gasteiger partial charge in [-0.25, -0.2) is 8.42 Å². The molecule has 0 N–H and O–H groups in total. The van der Waals surface area contributed by atoms with Crippen LogP contribution >= 0.6 is 11.6 Å². The van der Waals surface area contributed by atoms with E-state index in [0.717, 1.165) is 6.42 Å². The average molecular weight is 334 g/mol. The van der Waals surface area contributed by atoms with Gasteiger partial charge in [0.2, 0.25) is 0 Å². The zero-order chi connectivity index (χ0) is 15.6. The Kier molecular flexibility index (Phi) is 5.06. The van der Waals surface area contributed by atoms with Crippen LogP contribution in [0.2, 0.25) is 5.02 Å². The number of aromatic nitrogens is 2. The third-order valence-corrected chi connectivity index (χ3v) is 6.11. The van der Waals surface area contributed by atoms with E-state index in [4.69, 9.17) is 11.6 Å². The SMILES string of the molecule is CN(C)CCn1ncc(Cl)c1C(=O)C1CCCCS1(=O)=O. The molecule has 0 bridgehead atoms. The van der Waals surface area contributed by atoms with E-state index in [1.54, 1.807) is 0 Å². The minimum Gasteiger partial charge on any atom is -0.308 e. The summed E-state index contributed by atoms with van der Waals surface area (Å²) in [5, 5.41) is 3.34. The van der Waals surface area contributed by atoms with Crippen molar-refractivity contribution >= 4 is 27.2 Å². The lowest BCUT2D eigenvalue weighted by Gasteiger charge is -2.21. The largest absolute Gasteiger partial charge is 0.308 e. The molecule has 1 atom stereocenters. The van der Waals surface area contributed by atoms with Gasteiger partial charge in [-0.05, 0) is 26.9 Å². The zero-order valence-corrected chi connectivity index (χ0v) is 13.8. The predicted molar refractivity (Wildman–Crippen MR) is 81.5 cm³/mol. The first-order chi connectivity index (χ1) is 9.83. The lowest BCUT2D eigenvalue weighted by atomic mass is 10.1. The summed E-state index contributed by atoms with van der Waals surface area (Å²) in [6, 6.07) is 0. The number of halogens is 1. The fourth-order valence-corrected chi connectivity index (χ4v) is 4.56. The van der Waals surface area contributed by atoms with Gasteiger partial charge < -0.3 is 4.90 Å². The number of sulfone groups is 1. The number of carbonyl (C=O) groups excluding carboxylic acids is 1. The van der Waals surface area contributed by atoms with Gasteiger partial charge in [0.15, 0.2) is 15.6 Å². The Morgan fingerprint density at radius 2 is 2.19 bits per heavy atom. The third-order valence-electron chi connectivity index (χ3n) is 3.66. The zero-order valence-electron chi connectivity index (χ0n) is 12.2. The minimum absolute atomic E-state index is 0.0763. The fraction of sp³-hybridized carbons (Fsp3) is 0.692. The van der Waals surface area contributed by atoms with Gasteiger partial charge in [-0.3, -0.25) is 9.48 Å². The smallest absolute Gasteiger partial charge is 0.200 e. The molecule has 1 aliphatic rings. The number of likely N-dealkylation sites (N-methyl/N-ethyl adjacent to an activating group) is 1. The molecule has 2 heterocycles. The van der Waals surface area contributed by atoms with Crippen molar-refractivity contribution < 1.29 is 13.2 Å². The monoisotopic (exact) mass is 333 g/mol. The van der Waals surface area contributed by atoms with Gasteiger partial charge in [0.25, 0.3) is 0 Å². The predicted octanol–water partition coefficient (Wildman–Crippen LogP) is 1.25. The first kappa shape index (κ1) is 16.5. The molecule has 1 aliphatic heterocycles. The van der Waals surface area contributed by atoms with Crippen LogP contribution < -0.4 is 0 Å². The second kappa shape index (κ2) is 6.46. The second-order valence-corrected chi connectivity index (χ2v) is 8.29. The number of rotatable bonds is 5. The first-order valence-corrected chi connectivity index (χ1v) is 9.04. The van der Waals surface area contributed by atoms with Crippen LogP contribution in [0.4, 0.5) is 0 Å². The topological polar surface area (TPSA) is 72.3 Å². The van der Waals surface area contributed by atoms with Crippen LogP contribution in [0.1, 0.15) is 29.8 Å². The summed E-state index contributed by atoms with van der Waals surface area (Å²) in [5.41, 5.74) is 0.217. The Hall–Kier alpha value is -0.920. The number of hydrogen-bond donors (Lipinski definition) is 0. The van der Waals surface area contributed by atoms with E-state index < -0.39 is 20.9 Å². The number of carbonyl (C=O) groups is 1. The van der Waals surface area contributed by atoms with Gasteiger partial charge in [0.1, 0.15) is 10.9 Å². The highest BCUT2D eigenvalue weighted by atomic mass is 35.5. The summed E-state index contributed by atoms with van der Waals surface area (Å²) in [6.07, 6.45) is 3.15. The Labute approximate surface area is 130 Å². The van der Waals surface area contributed by atoms with Crippen molar-refractivity contribution in [1.82, 2.24) is 14.7 Å². The van der Waals surface area contributed by atoms with Crippen LogP contribution in [0.3, 0.4) is 0 Å². The summed E-state index contributed by atoms with van der Waals surface area (Å²) in [7, 11) is 0.456. The maximum Gasteiger partial charge on any atom is 0.200 e. The van der Waals surface area contributed by atoms with Gasteiger partial charge in [-0.1, -0.05) is 18.0 Å². The highest BCUT2D eigenvalue weighted by molar-refractivity contribution is 7.92. The molecule has 21 heavy (non-hydrogen) atoms. The van der Waals surface area contributed by atoms with Crippen LogP contribution in [0.5, 0.6) is 0 Å². The lowest BCUT2D eigenvalue weighted by molar-refractivity contribution is 0.0970. The number of nitrogens with zero attached hydrogens (tertiary/aromatic N) is 3. The lowest BCUT2D eigenvalue weighted by Crippen LogP contribution is -2.37. The fourth-order valence-electron chi connectivity index (χ4n) is 2.47. The van der Waals surface area contributed by atoms with Crippen molar-refractivity contribution in [2.45, 2.75) is 31.1 Å². The van der Waals surface area contributed by atoms with Crippen LogP contribution in [0.15, 0.2) is 6.20 Å². The molecule has 1 unspecified atom stereocenters. The molecule has 0 radical (unpaired) electrons. The van der Waals surface area contributed by atoms with Crippen molar-refractivity contribution in [2.75, 3.05) is 26.4 Å². The number of ketones is 1. The van der Waals surface area contributed by atoms with Crippen molar-refractivity contribution in [2.24, 2.45) is 0 Å². The van der Waals surface area contributed by atoms with Crippen LogP contribution in [0, 0.1) is 0 Å². The number of Topliss-reactive ketones (excluding diaryl/α,β-unsaturated/α-hetero) is 1. The molecular weight excluding hydrogens is 314 g/mol. The normalized spacial score (nSPS) is 21.6. The average Bonchev–Trinajstić information content (AvgIpc) is 2.76. The van der Waals surface area contributed by atoms with Crippen molar-refractivity contribution in [3.63, 3.8) is 0 Å². The van der Waals surface area contributed by atoms with Crippen LogP contribution in [-0.2, 0) is 16.4 Å². The minimum atomic E-state index is -3.37. The van der Waals surface area contributed by atoms with Crippen LogP contribution in [-0.4, -0.2) is 60.5 Å². The molecule has 0 spiro atoms. The Morgan fingerprint density at radius 3 is 2.81 bits per heavy atom. The van der Waals surface area contributed by atoms with E-state index in [1.165, 1.54) is 10.9 Å². The van der Waals surface area contributed by atoms with Crippen molar-refractivity contribution in [1.29, 1.82) is 0 Å². The molecule has 1 aromatic rings. The molecule has 2 rings (SSSR count). The molecule has 0 aromatic carbocycles. The summed E-state index contributed by atoms with van der Waals surface area (Å²) in [4.78, 5) is 14.6. The van der Waals surface area contributed by atoms with E-state index in [2.05, 4.69) is 5.10 Å². The Bertz CT molecular complexity index is 625. The van der Waals surface area contributed by atoms with Gasteiger partial charge in [0, 0.05) is 6.54 Å². The summed E-state index contributed by atoms with van der Waals surface area (Å²) < 4.78 is 25.7. The molecule has 1 fully saturated rings.